The zero-order valence-corrected chi connectivity index (χ0v) is 21.2. The van der Waals surface area contributed by atoms with Gasteiger partial charge in [0, 0.05) is 30.9 Å². The van der Waals surface area contributed by atoms with Gasteiger partial charge in [-0.05, 0) is 75.5 Å². The Morgan fingerprint density at radius 2 is 1.82 bits per heavy atom. The standard InChI is InChI=1S/C27H39N5O2/c1-19(2)11-22-12-23(30-32(22)21-9-7-6-8-10-21)25(34)28-15-20-13-27(14-20)17-31(18-27)16-24(33)29-26(3,4)5/h6-10,12,19-20H,11,13-18H2,1-5H3,(H,28,34)(H,29,33). The molecule has 1 aromatic carbocycles. The summed E-state index contributed by atoms with van der Waals surface area (Å²) < 4.78 is 1.89. The summed E-state index contributed by atoms with van der Waals surface area (Å²) in [4.78, 5) is 27.2. The van der Waals surface area contributed by atoms with Crippen molar-refractivity contribution in [2.24, 2.45) is 17.3 Å². The van der Waals surface area contributed by atoms with Crippen LogP contribution in [0.3, 0.4) is 0 Å². The summed E-state index contributed by atoms with van der Waals surface area (Å²) in [5.74, 6) is 0.968. The van der Waals surface area contributed by atoms with Crippen molar-refractivity contribution < 1.29 is 9.59 Å². The molecule has 0 radical (unpaired) electrons. The Balaban J connectivity index is 1.25. The molecule has 1 aliphatic carbocycles. The molecule has 2 fully saturated rings. The number of para-hydroxylation sites is 1. The first-order valence-electron chi connectivity index (χ1n) is 12.5. The van der Waals surface area contributed by atoms with Crippen LogP contribution >= 0.6 is 0 Å². The third-order valence-corrected chi connectivity index (χ3v) is 6.63. The maximum absolute atomic E-state index is 12.9. The molecule has 1 aromatic heterocycles. The van der Waals surface area contributed by atoms with Crippen LogP contribution in [0.1, 0.15) is 63.6 Å². The monoisotopic (exact) mass is 465 g/mol. The van der Waals surface area contributed by atoms with Gasteiger partial charge in [-0.1, -0.05) is 32.0 Å². The van der Waals surface area contributed by atoms with Gasteiger partial charge < -0.3 is 10.6 Å². The Bertz CT molecular complexity index is 1010. The molecule has 1 aliphatic heterocycles. The van der Waals surface area contributed by atoms with Gasteiger partial charge in [-0.25, -0.2) is 4.68 Å². The predicted molar refractivity (Wildman–Crippen MR) is 134 cm³/mol. The maximum Gasteiger partial charge on any atom is 0.271 e. The lowest BCUT2D eigenvalue weighted by Gasteiger charge is -2.59. The average Bonchev–Trinajstić information content (AvgIpc) is 3.10. The summed E-state index contributed by atoms with van der Waals surface area (Å²) in [7, 11) is 0. The molecule has 0 atom stereocenters. The number of nitrogens with one attached hydrogen (secondary N) is 2. The lowest BCUT2D eigenvalue weighted by Crippen LogP contribution is -2.64. The van der Waals surface area contributed by atoms with Gasteiger partial charge in [0.25, 0.3) is 5.91 Å². The summed E-state index contributed by atoms with van der Waals surface area (Å²) >= 11 is 0. The smallest absolute Gasteiger partial charge is 0.271 e. The predicted octanol–water partition coefficient (Wildman–Crippen LogP) is 3.43. The Morgan fingerprint density at radius 3 is 2.44 bits per heavy atom. The maximum atomic E-state index is 12.9. The van der Waals surface area contributed by atoms with Crippen LogP contribution in [0.25, 0.3) is 5.69 Å². The van der Waals surface area contributed by atoms with E-state index in [0.29, 0.717) is 36.0 Å². The van der Waals surface area contributed by atoms with Crippen molar-refractivity contribution >= 4 is 11.8 Å². The molecule has 1 saturated heterocycles. The van der Waals surface area contributed by atoms with E-state index in [2.05, 4.69) is 34.5 Å². The van der Waals surface area contributed by atoms with Crippen LogP contribution < -0.4 is 10.6 Å². The highest BCUT2D eigenvalue weighted by Gasteiger charge is 2.52. The molecule has 1 saturated carbocycles. The fourth-order valence-corrected chi connectivity index (χ4v) is 5.46. The second-order valence-electron chi connectivity index (χ2n) is 11.8. The fourth-order valence-electron chi connectivity index (χ4n) is 5.46. The molecule has 2 aromatic rings. The van der Waals surface area contributed by atoms with Gasteiger partial charge in [-0.15, -0.1) is 0 Å². The zero-order chi connectivity index (χ0) is 24.5. The molecule has 7 heteroatoms. The quantitative estimate of drug-likeness (QED) is 0.626. The number of benzene rings is 1. The minimum Gasteiger partial charge on any atom is -0.350 e. The van der Waals surface area contributed by atoms with E-state index in [-0.39, 0.29) is 17.4 Å². The second kappa shape index (κ2) is 9.53. The third-order valence-electron chi connectivity index (χ3n) is 6.63. The summed E-state index contributed by atoms with van der Waals surface area (Å²) in [5, 5.41) is 10.8. The molecule has 2 amide bonds. The average molecular weight is 466 g/mol. The lowest BCUT2D eigenvalue weighted by atomic mass is 9.57. The van der Waals surface area contributed by atoms with Crippen molar-refractivity contribution in [3.05, 3.63) is 47.8 Å². The minimum atomic E-state index is -0.189. The van der Waals surface area contributed by atoms with Gasteiger partial charge >= 0.3 is 0 Å². The topological polar surface area (TPSA) is 79.3 Å². The van der Waals surface area contributed by atoms with E-state index in [1.807, 2.05) is 61.9 Å². The number of carbonyl (C=O) groups excluding carboxylic acids is 2. The Labute approximate surface area is 203 Å². The molecule has 1 spiro atoms. The SMILES string of the molecule is CC(C)Cc1cc(C(=O)NCC2CC3(C2)CN(CC(=O)NC(C)(C)C)C3)nn1-c1ccccc1. The number of likely N-dealkylation sites (tertiary alicyclic amines) is 1. The number of nitrogens with zero attached hydrogens (tertiary/aromatic N) is 3. The molecule has 0 unspecified atom stereocenters. The van der Waals surface area contributed by atoms with E-state index in [9.17, 15) is 9.59 Å². The highest BCUT2D eigenvalue weighted by atomic mass is 16.2. The summed E-state index contributed by atoms with van der Waals surface area (Å²) in [5.41, 5.74) is 2.67. The highest BCUT2D eigenvalue weighted by Crippen LogP contribution is 2.51. The number of carbonyl (C=O) groups is 2. The van der Waals surface area contributed by atoms with Gasteiger partial charge in [-0.2, -0.15) is 5.10 Å². The van der Waals surface area contributed by atoms with E-state index in [1.54, 1.807) is 0 Å². The van der Waals surface area contributed by atoms with E-state index < -0.39 is 0 Å². The van der Waals surface area contributed by atoms with Crippen LogP contribution in [-0.4, -0.2) is 58.2 Å². The Hall–Kier alpha value is -2.67. The van der Waals surface area contributed by atoms with Crippen molar-refractivity contribution in [1.82, 2.24) is 25.3 Å². The van der Waals surface area contributed by atoms with Crippen LogP contribution in [0.4, 0.5) is 0 Å². The summed E-state index contributed by atoms with van der Waals surface area (Å²) in [6.07, 6.45) is 3.09. The van der Waals surface area contributed by atoms with Gasteiger partial charge in [-0.3, -0.25) is 14.5 Å². The molecular formula is C27H39N5O2. The first-order chi connectivity index (χ1) is 16.0. The Morgan fingerprint density at radius 1 is 1.15 bits per heavy atom. The van der Waals surface area contributed by atoms with Crippen LogP contribution in [0.5, 0.6) is 0 Å². The highest BCUT2D eigenvalue weighted by molar-refractivity contribution is 5.92. The summed E-state index contributed by atoms with van der Waals surface area (Å²) in [6.45, 7) is 13.5. The second-order valence-corrected chi connectivity index (χ2v) is 11.8. The molecule has 184 valence electrons. The van der Waals surface area contributed by atoms with Gasteiger partial charge in [0.2, 0.25) is 5.91 Å². The molecular weight excluding hydrogens is 426 g/mol. The van der Waals surface area contributed by atoms with Crippen LogP contribution in [0, 0.1) is 17.3 Å². The molecule has 34 heavy (non-hydrogen) atoms. The van der Waals surface area contributed by atoms with E-state index in [0.717, 1.165) is 43.7 Å². The molecule has 2 aliphatic rings. The van der Waals surface area contributed by atoms with Gasteiger partial charge in [0.1, 0.15) is 0 Å². The van der Waals surface area contributed by atoms with Crippen molar-refractivity contribution in [2.45, 2.75) is 59.4 Å². The van der Waals surface area contributed by atoms with E-state index in [4.69, 9.17) is 0 Å². The molecule has 2 heterocycles. The number of aromatic nitrogens is 2. The van der Waals surface area contributed by atoms with E-state index >= 15 is 0 Å². The number of amides is 2. The fraction of sp³-hybridized carbons (Fsp3) is 0.593. The normalized spacial score (nSPS) is 17.9. The Kier molecular flexibility index (Phi) is 6.85. The van der Waals surface area contributed by atoms with Crippen LogP contribution in [0.15, 0.2) is 36.4 Å². The van der Waals surface area contributed by atoms with Gasteiger partial charge in [0.05, 0.1) is 12.2 Å². The van der Waals surface area contributed by atoms with Crippen molar-refractivity contribution in [1.29, 1.82) is 0 Å². The number of rotatable bonds is 8. The van der Waals surface area contributed by atoms with Crippen molar-refractivity contribution in [3.8, 4) is 5.69 Å². The molecule has 4 rings (SSSR count). The lowest BCUT2D eigenvalue weighted by molar-refractivity contribution is -0.133. The third kappa shape index (κ3) is 5.87. The summed E-state index contributed by atoms with van der Waals surface area (Å²) in [6, 6.07) is 11.9. The van der Waals surface area contributed by atoms with Gasteiger partial charge in [0.15, 0.2) is 5.69 Å². The zero-order valence-electron chi connectivity index (χ0n) is 21.2. The van der Waals surface area contributed by atoms with Crippen LogP contribution in [-0.2, 0) is 11.2 Å². The number of hydrogen-bond acceptors (Lipinski definition) is 4. The first kappa shape index (κ1) is 24.5. The molecule has 7 nitrogen and oxygen atoms in total. The first-order valence-corrected chi connectivity index (χ1v) is 12.5. The van der Waals surface area contributed by atoms with E-state index in [1.165, 1.54) is 0 Å². The van der Waals surface area contributed by atoms with Crippen LogP contribution in [0.2, 0.25) is 0 Å². The van der Waals surface area contributed by atoms with Crippen molar-refractivity contribution in [2.75, 3.05) is 26.2 Å². The largest absolute Gasteiger partial charge is 0.350 e. The van der Waals surface area contributed by atoms with Crippen molar-refractivity contribution in [3.63, 3.8) is 0 Å². The molecule has 2 N–H and O–H groups in total. The molecule has 0 bridgehead atoms. The number of hydrogen-bond donors (Lipinski definition) is 2. The minimum absolute atomic E-state index is 0.0947.